The molecule has 0 unspecified atom stereocenters. The van der Waals surface area contributed by atoms with Crippen molar-refractivity contribution in [3.05, 3.63) is 35.9 Å². The highest BCUT2D eigenvalue weighted by atomic mass is 16.5. The monoisotopic (exact) mass is 374 g/mol. The fourth-order valence-electron chi connectivity index (χ4n) is 3.16. The van der Waals surface area contributed by atoms with Crippen molar-refractivity contribution < 1.29 is 19.1 Å². The summed E-state index contributed by atoms with van der Waals surface area (Å²) in [4.78, 5) is 24.9. The number of amides is 2. The number of carbonyl (C=O) groups is 2. The minimum absolute atomic E-state index is 0.0861. The van der Waals surface area contributed by atoms with Crippen molar-refractivity contribution in [3.63, 3.8) is 0 Å². The number of methoxy groups -OCH3 is 2. The van der Waals surface area contributed by atoms with E-state index < -0.39 is 5.92 Å². The molecule has 0 fully saturated rings. The molecule has 0 spiro atoms. The van der Waals surface area contributed by atoms with Gasteiger partial charge in [0.05, 0.1) is 20.3 Å². The van der Waals surface area contributed by atoms with Gasteiger partial charge in [0.1, 0.15) is 11.5 Å². The summed E-state index contributed by atoms with van der Waals surface area (Å²) >= 11 is 0. The van der Waals surface area contributed by atoms with Gasteiger partial charge in [-0.3, -0.25) is 9.59 Å². The molecule has 148 valence electrons. The zero-order chi connectivity index (χ0) is 19.8. The first kappa shape index (κ1) is 20.8. The van der Waals surface area contributed by atoms with Gasteiger partial charge in [-0.2, -0.15) is 0 Å². The van der Waals surface area contributed by atoms with E-state index in [2.05, 4.69) is 22.8 Å². The van der Waals surface area contributed by atoms with Crippen LogP contribution in [0.15, 0.2) is 30.4 Å². The lowest BCUT2D eigenvalue weighted by Crippen LogP contribution is -2.39. The van der Waals surface area contributed by atoms with Crippen molar-refractivity contribution in [1.29, 1.82) is 0 Å². The molecule has 1 heterocycles. The SMILES string of the molecule is CC[C@@H]1C/C=C\C[C@H](c2ccc(OC)cc2OC)NC(=O)[C@H](C)CC(=O)N1. The van der Waals surface area contributed by atoms with E-state index in [1.807, 2.05) is 25.1 Å². The van der Waals surface area contributed by atoms with Gasteiger partial charge in [-0.15, -0.1) is 0 Å². The van der Waals surface area contributed by atoms with Crippen molar-refractivity contribution in [2.75, 3.05) is 14.2 Å². The average Bonchev–Trinajstić information content (AvgIpc) is 2.67. The summed E-state index contributed by atoms with van der Waals surface area (Å²) < 4.78 is 10.8. The van der Waals surface area contributed by atoms with Crippen molar-refractivity contribution in [2.45, 2.75) is 51.6 Å². The van der Waals surface area contributed by atoms with Gasteiger partial charge < -0.3 is 20.1 Å². The number of rotatable bonds is 4. The molecule has 0 bridgehead atoms. The lowest BCUT2D eigenvalue weighted by Gasteiger charge is -2.24. The third-order valence-corrected chi connectivity index (χ3v) is 4.89. The van der Waals surface area contributed by atoms with Crippen LogP contribution in [0.2, 0.25) is 0 Å². The van der Waals surface area contributed by atoms with Gasteiger partial charge in [-0.1, -0.05) is 26.0 Å². The van der Waals surface area contributed by atoms with Gasteiger partial charge in [0.15, 0.2) is 0 Å². The van der Waals surface area contributed by atoms with E-state index in [0.717, 1.165) is 18.4 Å². The second-order valence-corrected chi connectivity index (χ2v) is 6.89. The van der Waals surface area contributed by atoms with Crippen LogP contribution in [0.5, 0.6) is 11.5 Å². The minimum Gasteiger partial charge on any atom is -0.497 e. The van der Waals surface area contributed by atoms with E-state index in [1.54, 1.807) is 21.1 Å². The molecule has 1 aliphatic heterocycles. The zero-order valence-corrected chi connectivity index (χ0v) is 16.6. The van der Waals surface area contributed by atoms with Crippen LogP contribution in [-0.2, 0) is 9.59 Å². The first-order valence-corrected chi connectivity index (χ1v) is 9.45. The molecule has 6 heteroatoms. The molecule has 27 heavy (non-hydrogen) atoms. The second kappa shape index (κ2) is 10.00. The summed E-state index contributed by atoms with van der Waals surface area (Å²) in [5.41, 5.74) is 0.886. The van der Waals surface area contributed by atoms with Crippen LogP contribution in [0.25, 0.3) is 0 Å². The summed E-state index contributed by atoms with van der Waals surface area (Å²) in [7, 11) is 3.20. The van der Waals surface area contributed by atoms with E-state index in [4.69, 9.17) is 9.47 Å². The predicted molar refractivity (Wildman–Crippen MR) is 105 cm³/mol. The molecule has 2 rings (SSSR count). The van der Waals surface area contributed by atoms with Gasteiger partial charge in [-0.05, 0) is 31.4 Å². The molecule has 0 saturated heterocycles. The molecule has 1 aromatic rings. The number of ether oxygens (including phenoxy) is 2. The van der Waals surface area contributed by atoms with E-state index in [1.165, 1.54) is 0 Å². The highest BCUT2D eigenvalue weighted by Crippen LogP contribution is 2.31. The fourth-order valence-corrected chi connectivity index (χ4v) is 3.16. The first-order valence-electron chi connectivity index (χ1n) is 9.45. The molecule has 0 radical (unpaired) electrons. The van der Waals surface area contributed by atoms with Crippen LogP contribution in [0.3, 0.4) is 0 Å². The molecule has 2 N–H and O–H groups in total. The number of carbonyl (C=O) groups excluding carboxylic acids is 2. The molecular formula is C21H30N2O4. The van der Waals surface area contributed by atoms with Gasteiger partial charge in [0.25, 0.3) is 0 Å². The predicted octanol–water partition coefficient (Wildman–Crippen LogP) is 3.13. The molecule has 1 aliphatic rings. The Morgan fingerprint density at radius 3 is 2.48 bits per heavy atom. The molecule has 1 aromatic carbocycles. The van der Waals surface area contributed by atoms with Crippen molar-refractivity contribution in [3.8, 4) is 11.5 Å². The van der Waals surface area contributed by atoms with E-state index >= 15 is 0 Å². The van der Waals surface area contributed by atoms with Gasteiger partial charge in [-0.25, -0.2) is 0 Å². The zero-order valence-electron chi connectivity index (χ0n) is 16.6. The maximum atomic E-state index is 12.7. The van der Waals surface area contributed by atoms with Crippen LogP contribution in [0, 0.1) is 5.92 Å². The third-order valence-electron chi connectivity index (χ3n) is 4.89. The Balaban J connectivity index is 2.31. The molecule has 0 saturated carbocycles. The van der Waals surface area contributed by atoms with Gasteiger partial charge >= 0.3 is 0 Å². The van der Waals surface area contributed by atoms with Crippen molar-refractivity contribution >= 4 is 11.8 Å². The second-order valence-electron chi connectivity index (χ2n) is 6.89. The topological polar surface area (TPSA) is 76.7 Å². The summed E-state index contributed by atoms with van der Waals surface area (Å²) in [5.74, 6) is 0.725. The average molecular weight is 374 g/mol. The normalized spacial score (nSPS) is 25.4. The lowest BCUT2D eigenvalue weighted by molar-refractivity contribution is -0.130. The Labute approximate surface area is 161 Å². The molecule has 3 atom stereocenters. The van der Waals surface area contributed by atoms with Crippen molar-refractivity contribution in [1.82, 2.24) is 10.6 Å². The maximum absolute atomic E-state index is 12.7. The molecule has 2 amide bonds. The Morgan fingerprint density at radius 1 is 1.07 bits per heavy atom. The van der Waals surface area contributed by atoms with E-state index in [9.17, 15) is 9.59 Å². The quantitative estimate of drug-likeness (QED) is 0.794. The third kappa shape index (κ3) is 5.74. The lowest BCUT2D eigenvalue weighted by atomic mass is 9.98. The van der Waals surface area contributed by atoms with Crippen LogP contribution in [0.1, 0.15) is 51.1 Å². The summed E-state index contributed by atoms with van der Waals surface area (Å²) in [6.45, 7) is 3.82. The number of hydrogen-bond donors (Lipinski definition) is 2. The van der Waals surface area contributed by atoms with Crippen LogP contribution >= 0.6 is 0 Å². The van der Waals surface area contributed by atoms with Crippen LogP contribution in [-0.4, -0.2) is 32.1 Å². The van der Waals surface area contributed by atoms with Crippen LogP contribution < -0.4 is 20.1 Å². The Hall–Kier alpha value is -2.50. The van der Waals surface area contributed by atoms with E-state index in [-0.39, 0.29) is 30.3 Å². The molecular weight excluding hydrogens is 344 g/mol. The summed E-state index contributed by atoms with van der Waals surface area (Å²) in [6, 6.07) is 5.44. The number of benzene rings is 1. The summed E-state index contributed by atoms with van der Waals surface area (Å²) in [6.07, 6.45) is 6.57. The first-order chi connectivity index (χ1) is 13.0. The fraction of sp³-hybridized carbons (Fsp3) is 0.524. The highest BCUT2D eigenvalue weighted by molar-refractivity contribution is 5.86. The molecule has 6 nitrogen and oxygen atoms in total. The Bertz CT molecular complexity index is 687. The highest BCUT2D eigenvalue weighted by Gasteiger charge is 2.24. The minimum atomic E-state index is -0.405. The van der Waals surface area contributed by atoms with Gasteiger partial charge in [0.2, 0.25) is 11.8 Å². The smallest absolute Gasteiger partial charge is 0.223 e. The maximum Gasteiger partial charge on any atom is 0.223 e. The molecule has 0 aromatic heterocycles. The van der Waals surface area contributed by atoms with Crippen molar-refractivity contribution in [2.24, 2.45) is 5.92 Å². The number of hydrogen-bond acceptors (Lipinski definition) is 4. The Morgan fingerprint density at radius 2 is 1.81 bits per heavy atom. The largest absolute Gasteiger partial charge is 0.497 e. The number of nitrogens with one attached hydrogen (secondary N) is 2. The standard InChI is InChI=1S/C21H30N2O4/c1-5-15-8-6-7-9-18(23-21(25)14(2)12-20(24)22-15)17-11-10-16(26-3)13-19(17)27-4/h6-7,10-11,13-15,18H,5,8-9,12H2,1-4H3,(H,22,24)(H,23,25)/b7-6-/t14-,15-,18-/m1/s1. The Kier molecular flexibility index (Phi) is 7.70. The van der Waals surface area contributed by atoms with E-state index in [0.29, 0.717) is 17.9 Å². The molecule has 0 aliphatic carbocycles. The van der Waals surface area contributed by atoms with Crippen LogP contribution in [0.4, 0.5) is 0 Å². The summed E-state index contributed by atoms with van der Waals surface area (Å²) in [5, 5.41) is 6.07. The van der Waals surface area contributed by atoms with Gasteiger partial charge in [0, 0.05) is 30.0 Å².